The van der Waals surface area contributed by atoms with E-state index in [9.17, 15) is 19.2 Å². The van der Waals surface area contributed by atoms with Crippen molar-refractivity contribution in [2.24, 2.45) is 5.73 Å². The Balaban J connectivity index is 2.12. The van der Waals surface area contributed by atoms with Crippen LogP contribution in [-0.4, -0.2) is 96.9 Å². The molecule has 0 aliphatic carbocycles. The van der Waals surface area contributed by atoms with Crippen LogP contribution in [-0.2, 0) is 23.8 Å². The molecule has 0 radical (unpaired) electrons. The Labute approximate surface area is 252 Å². The standard InChI is InChI=1S/C31H44N4O8/c1-8-42-30(39)34-15-16-35(20(18-34)17-19(2)40-6)29(38)22(13-14-24(36)43-31(3,4)5)26-25(28(32)37)27(41-7)21-11-9-10-12-23(21)33-26/h9-12,19-20,22H,8,13-18H2,1-7H3,(H2,32,37). The molecule has 2 N–H and O–H groups in total. The van der Waals surface area contributed by atoms with Crippen LogP contribution < -0.4 is 10.5 Å². The van der Waals surface area contributed by atoms with E-state index < -0.39 is 35.5 Å². The van der Waals surface area contributed by atoms with E-state index in [4.69, 9.17) is 29.7 Å². The molecule has 1 aliphatic heterocycles. The summed E-state index contributed by atoms with van der Waals surface area (Å²) in [4.78, 5) is 60.9. The third-order valence-corrected chi connectivity index (χ3v) is 7.31. The molecule has 0 spiro atoms. The number of esters is 1. The van der Waals surface area contributed by atoms with Gasteiger partial charge in [0.05, 0.1) is 43.0 Å². The Morgan fingerprint density at radius 1 is 1.12 bits per heavy atom. The van der Waals surface area contributed by atoms with Crippen molar-refractivity contribution in [2.75, 3.05) is 40.5 Å². The number of hydrogen-bond acceptors (Lipinski definition) is 9. The molecule has 3 unspecified atom stereocenters. The molecule has 3 rings (SSSR count). The minimum absolute atomic E-state index is 0.00711. The van der Waals surface area contributed by atoms with Crippen LogP contribution in [0.4, 0.5) is 4.79 Å². The van der Waals surface area contributed by atoms with Crippen LogP contribution in [0.1, 0.15) is 75.9 Å². The summed E-state index contributed by atoms with van der Waals surface area (Å²) in [5.41, 5.74) is 5.78. The lowest BCUT2D eigenvalue weighted by Crippen LogP contribution is -2.58. The molecule has 12 heteroatoms. The fourth-order valence-electron chi connectivity index (χ4n) is 5.34. The zero-order valence-electron chi connectivity index (χ0n) is 26.2. The van der Waals surface area contributed by atoms with Gasteiger partial charge in [-0.05, 0) is 59.6 Å². The van der Waals surface area contributed by atoms with Gasteiger partial charge in [0.25, 0.3) is 5.91 Å². The summed E-state index contributed by atoms with van der Waals surface area (Å²) in [6, 6.07) is 6.65. The second-order valence-corrected chi connectivity index (χ2v) is 11.6. The lowest BCUT2D eigenvalue weighted by molar-refractivity contribution is -0.155. The highest BCUT2D eigenvalue weighted by atomic mass is 16.6. The molecule has 1 aliphatic rings. The molecule has 3 atom stereocenters. The second-order valence-electron chi connectivity index (χ2n) is 11.6. The second kappa shape index (κ2) is 14.5. The Bertz CT molecular complexity index is 1320. The average Bonchev–Trinajstić information content (AvgIpc) is 2.95. The van der Waals surface area contributed by atoms with Gasteiger partial charge >= 0.3 is 12.1 Å². The number of rotatable bonds is 11. The Morgan fingerprint density at radius 2 is 1.81 bits per heavy atom. The first-order valence-electron chi connectivity index (χ1n) is 14.5. The number of ether oxygens (including phenoxy) is 4. The fourth-order valence-corrected chi connectivity index (χ4v) is 5.34. The van der Waals surface area contributed by atoms with Crippen LogP contribution in [0, 0.1) is 0 Å². The topological polar surface area (TPSA) is 151 Å². The molecule has 236 valence electrons. The van der Waals surface area contributed by atoms with E-state index in [1.54, 1.807) is 68.9 Å². The third kappa shape index (κ3) is 8.34. The SMILES string of the molecule is CCOC(=O)N1CCN(C(=O)C(CCC(=O)OC(C)(C)C)c2nc3ccccc3c(OC)c2C(N)=O)C(CC(C)OC)C1. The molecular weight excluding hydrogens is 556 g/mol. The minimum Gasteiger partial charge on any atom is -0.495 e. The van der Waals surface area contributed by atoms with Crippen molar-refractivity contribution in [2.45, 2.75) is 77.5 Å². The molecular formula is C31H44N4O8. The quantitative estimate of drug-likeness (QED) is 0.381. The van der Waals surface area contributed by atoms with Crippen LogP contribution in [0.3, 0.4) is 0 Å². The highest BCUT2D eigenvalue weighted by Gasteiger charge is 2.40. The number of benzene rings is 1. The van der Waals surface area contributed by atoms with Gasteiger partial charge in [-0.25, -0.2) is 4.79 Å². The maximum atomic E-state index is 14.6. The summed E-state index contributed by atoms with van der Waals surface area (Å²) in [6.45, 7) is 9.82. The number of nitrogens with zero attached hydrogens (tertiary/aromatic N) is 3. The van der Waals surface area contributed by atoms with Crippen molar-refractivity contribution >= 4 is 34.8 Å². The van der Waals surface area contributed by atoms with Gasteiger partial charge in [-0.2, -0.15) is 0 Å². The first-order chi connectivity index (χ1) is 20.3. The van der Waals surface area contributed by atoms with Crippen LogP contribution >= 0.6 is 0 Å². The zero-order valence-corrected chi connectivity index (χ0v) is 26.2. The van der Waals surface area contributed by atoms with Crippen molar-refractivity contribution in [1.29, 1.82) is 0 Å². The van der Waals surface area contributed by atoms with E-state index in [-0.39, 0.29) is 68.1 Å². The van der Waals surface area contributed by atoms with Gasteiger partial charge in [-0.15, -0.1) is 0 Å². The molecule has 1 saturated heterocycles. The maximum absolute atomic E-state index is 14.6. The van der Waals surface area contributed by atoms with E-state index >= 15 is 0 Å². The van der Waals surface area contributed by atoms with Crippen LogP contribution in [0.5, 0.6) is 5.75 Å². The highest BCUT2D eigenvalue weighted by Crippen LogP contribution is 2.37. The summed E-state index contributed by atoms with van der Waals surface area (Å²) < 4.78 is 21.9. The van der Waals surface area contributed by atoms with E-state index in [0.717, 1.165) is 0 Å². The first-order valence-corrected chi connectivity index (χ1v) is 14.5. The number of methoxy groups -OCH3 is 2. The van der Waals surface area contributed by atoms with Crippen LogP contribution in [0.25, 0.3) is 10.9 Å². The maximum Gasteiger partial charge on any atom is 0.409 e. The van der Waals surface area contributed by atoms with Crippen molar-refractivity contribution in [1.82, 2.24) is 14.8 Å². The Hall–Kier alpha value is -3.93. The molecule has 1 fully saturated rings. The Kier molecular flexibility index (Phi) is 11.3. The number of pyridine rings is 1. The minimum atomic E-state index is -1.04. The summed E-state index contributed by atoms with van der Waals surface area (Å²) in [5.74, 6) is -2.48. The number of nitrogens with two attached hydrogens (primary N) is 1. The van der Waals surface area contributed by atoms with Crippen LogP contribution in [0.15, 0.2) is 24.3 Å². The largest absolute Gasteiger partial charge is 0.495 e. The van der Waals surface area contributed by atoms with Gasteiger partial charge < -0.3 is 34.5 Å². The highest BCUT2D eigenvalue weighted by molar-refractivity contribution is 6.04. The van der Waals surface area contributed by atoms with Gasteiger partial charge in [0.15, 0.2) is 0 Å². The normalized spacial score (nSPS) is 16.9. The number of aromatic nitrogens is 1. The number of fused-ring (bicyclic) bond motifs is 1. The summed E-state index contributed by atoms with van der Waals surface area (Å²) in [5, 5.41) is 0.565. The molecule has 12 nitrogen and oxygen atoms in total. The molecule has 1 aromatic heterocycles. The number of para-hydroxylation sites is 1. The molecule has 3 amide bonds. The van der Waals surface area contributed by atoms with Crippen molar-refractivity contribution in [3.8, 4) is 5.75 Å². The zero-order chi connectivity index (χ0) is 31.9. The molecule has 2 heterocycles. The predicted molar refractivity (Wildman–Crippen MR) is 160 cm³/mol. The molecule has 43 heavy (non-hydrogen) atoms. The van der Waals surface area contributed by atoms with Crippen molar-refractivity contribution < 1.29 is 38.1 Å². The number of carbonyl (C=O) groups excluding carboxylic acids is 4. The van der Waals surface area contributed by atoms with E-state index in [0.29, 0.717) is 17.3 Å². The summed E-state index contributed by atoms with van der Waals surface area (Å²) in [7, 11) is 3.00. The third-order valence-electron chi connectivity index (χ3n) is 7.31. The van der Waals surface area contributed by atoms with Gasteiger partial charge in [-0.1, -0.05) is 12.1 Å². The molecule has 1 aromatic carbocycles. The number of hydrogen-bond donors (Lipinski definition) is 1. The Morgan fingerprint density at radius 3 is 2.42 bits per heavy atom. The average molecular weight is 601 g/mol. The van der Waals surface area contributed by atoms with Crippen LogP contribution in [0.2, 0.25) is 0 Å². The van der Waals surface area contributed by atoms with Gasteiger partial charge in [0, 0.05) is 38.6 Å². The van der Waals surface area contributed by atoms with E-state index in [2.05, 4.69) is 0 Å². The van der Waals surface area contributed by atoms with Crippen molar-refractivity contribution in [3.05, 3.63) is 35.5 Å². The lowest BCUT2D eigenvalue weighted by Gasteiger charge is -2.43. The van der Waals surface area contributed by atoms with E-state index in [1.165, 1.54) is 7.11 Å². The molecule has 0 saturated carbocycles. The van der Waals surface area contributed by atoms with Gasteiger partial charge in [0.2, 0.25) is 5.91 Å². The monoisotopic (exact) mass is 600 g/mol. The summed E-state index contributed by atoms with van der Waals surface area (Å²) in [6.07, 6.45) is -0.336. The predicted octanol–water partition coefficient (Wildman–Crippen LogP) is 3.64. The molecule has 2 aromatic rings. The van der Waals surface area contributed by atoms with Gasteiger partial charge in [-0.3, -0.25) is 19.4 Å². The van der Waals surface area contributed by atoms with Crippen molar-refractivity contribution in [3.63, 3.8) is 0 Å². The van der Waals surface area contributed by atoms with E-state index in [1.807, 2.05) is 6.92 Å². The number of primary amides is 1. The number of amides is 3. The number of piperazine rings is 1. The fraction of sp³-hybridized carbons (Fsp3) is 0.581. The molecule has 0 bridgehead atoms. The van der Waals surface area contributed by atoms with Gasteiger partial charge in [0.1, 0.15) is 16.9 Å². The summed E-state index contributed by atoms with van der Waals surface area (Å²) >= 11 is 0. The lowest BCUT2D eigenvalue weighted by atomic mass is 9.90. The first kappa shape index (κ1) is 33.6. The number of carbonyl (C=O) groups is 4. The smallest absolute Gasteiger partial charge is 0.409 e.